The van der Waals surface area contributed by atoms with Crippen molar-refractivity contribution >= 4 is 27.9 Å². The molecule has 0 unspecified atom stereocenters. The number of esters is 2. The van der Waals surface area contributed by atoms with Crippen molar-refractivity contribution in [3.05, 3.63) is 70.7 Å². The molecule has 0 spiro atoms. The summed E-state index contributed by atoms with van der Waals surface area (Å²) >= 11 is 3.58. The molecule has 5 nitrogen and oxygen atoms in total. The van der Waals surface area contributed by atoms with E-state index in [4.69, 9.17) is 15.2 Å². The molecule has 3 aromatic rings. The van der Waals surface area contributed by atoms with Crippen LogP contribution in [0, 0.1) is 6.92 Å². The first-order chi connectivity index (χ1) is 14.5. The second kappa shape index (κ2) is 8.42. The second-order valence-electron chi connectivity index (χ2n) is 7.13. The van der Waals surface area contributed by atoms with Crippen molar-refractivity contribution in [3.8, 4) is 33.8 Å². The van der Waals surface area contributed by atoms with E-state index in [0.717, 1.165) is 26.7 Å². The molecule has 30 heavy (non-hydrogen) atoms. The molecule has 0 aromatic heterocycles. The number of carbonyl (C=O) groups excluding carboxylic acids is 2. The molecule has 1 aliphatic heterocycles. The van der Waals surface area contributed by atoms with Crippen LogP contribution in [0.15, 0.2) is 65.1 Å². The Balaban J connectivity index is 2.04. The summed E-state index contributed by atoms with van der Waals surface area (Å²) in [6, 6.07) is 18.2. The van der Waals surface area contributed by atoms with Gasteiger partial charge >= 0.3 is 11.9 Å². The lowest BCUT2D eigenvalue weighted by molar-refractivity contribution is -0.135. The van der Waals surface area contributed by atoms with E-state index in [1.54, 1.807) is 6.07 Å². The minimum Gasteiger partial charge on any atom is -0.422 e. The van der Waals surface area contributed by atoms with Gasteiger partial charge in [0.25, 0.3) is 0 Å². The average molecular weight is 466 g/mol. The highest BCUT2D eigenvalue weighted by Gasteiger charge is 2.28. The SMILES string of the molecule is Cc1c(Br)cccc1-c1c(-c2ccccc2)ccc2c1OC(=O)[C@H](N)CCC(=O)O2. The zero-order valence-electron chi connectivity index (χ0n) is 16.4. The topological polar surface area (TPSA) is 78.6 Å². The van der Waals surface area contributed by atoms with Crippen LogP contribution in [0.5, 0.6) is 11.5 Å². The Bertz CT molecular complexity index is 1130. The fourth-order valence-electron chi connectivity index (χ4n) is 3.49. The van der Waals surface area contributed by atoms with E-state index in [0.29, 0.717) is 5.56 Å². The third-order valence-corrected chi connectivity index (χ3v) is 5.99. The monoisotopic (exact) mass is 465 g/mol. The number of rotatable bonds is 2. The normalized spacial score (nSPS) is 16.6. The first-order valence-electron chi connectivity index (χ1n) is 9.61. The first kappa shape index (κ1) is 20.3. The third kappa shape index (κ3) is 3.88. The lowest BCUT2D eigenvalue weighted by Gasteiger charge is -2.20. The van der Waals surface area contributed by atoms with Gasteiger partial charge in [-0.15, -0.1) is 0 Å². The van der Waals surface area contributed by atoms with Gasteiger partial charge in [-0.05, 0) is 53.8 Å². The molecule has 0 bridgehead atoms. The van der Waals surface area contributed by atoms with Crippen molar-refractivity contribution in [2.75, 3.05) is 0 Å². The lowest BCUT2D eigenvalue weighted by atomic mass is 9.91. The van der Waals surface area contributed by atoms with Crippen LogP contribution in [0.3, 0.4) is 0 Å². The summed E-state index contributed by atoms with van der Waals surface area (Å²) in [6.45, 7) is 1.97. The fourth-order valence-corrected chi connectivity index (χ4v) is 3.86. The van der Waals surface area contributed by atoms with E-state index >= 15 is 0 Å². The van der Waals surface area contributed by atoms with Crippen LogP contribution in [-0.2, 0) is 9.59 Å². The highest BCUT2D eigenvalue weighted by Crippen LogP contribution is 2.47. The molecular formula is C24H20BrNO4. The van der Waals surface area contributed by atoms with Crippen molar-refractivity contribution in [1.82, 2.24) is 0 Å². The van der Waals surface area contributed by atoms with E-state index < -0.39 is 18.0 Å². The summed E-state index contributed by atoms with van der Waals surface area (Å²) in [5.74, 6) is -0.632. The Labute approximate surface area is 182 Å². The van der Waals surface area contributed by atoms with E-state index in [2.05, 4.69) is 15.9 Å². The number of carbonyl (C=O) groups is 2. The number of hydrogen-bond acceptors (Lipinski definition) is 5. The van der Waals surface area contributed by atoms with Crippen LogP contribution in [0.2, 0.25) is 0 Å². The molecule has 3 aromatic carbocycles. The van der Waals surface area contributed by atoms with Crippen LogP contribution < -0.4 is 15.2 Å². The molecule has 1 heterocycles. The van der Waals surface area contributed by atoms with Gasteiger partial charge < -0.3 is 15.2 Å². The summed E-state index contributed by atoms with van der Waals surface area (Å²) in [5.41, 5.74) is 10.2. The Kier molecular flexibility index (Phi) is 5.70. The van der Waals surface area contributed by atoms with Gasteiger partial charge in [0.05, 0.1) is 0 Å². The smallest absolute Gasteiger partial charge is 0.328 e. The molecule has 4 rings (SSSR count). The highest BCUT2D eigenvalue weighted by atomic mass is 79.9. The van der Waals surface area contributed by atoms with E-state index in [-0.39, 0.29) is 24.3 Å². The summed E-state index contributed by atoms with van der Waals surface area (Å²) in [7, 11) is 0. The summed E-state index contributed by atoms with van der Waals surface area (Å²) in [6.07, 6.45) is 0.212. The number of halogens is 1. The van der Waals surface area contributed by atoms with Gasteiger partial charge in [0, 0.05) is 16.5 Å². The largest absolute Gasteiger partial charge is 0.422 e. The van der Waals surface area contributed by atoms with Gasteiger partial charge in [0.2, 0.25) is 0 Å². The predicted molar refractivity (Wildman–Crippen MR) is 118 cm³/mol. The van der Waals surface area contributed by atoms with Crippen molar-refractivity contribution in [2.45, 2.75) is 25.8 Å². The molecule has 6 heteroatoms. The quantitative estimate of drug-likeness (QED) is 0.424. The Morgan fingerprint density at radius 1 is 0.933 bits per heavy atom. The maximum absolute atomic E-state index is 12.6. The molecule has 2 N–H and O–H groups in total. The number of ether oxygens (including phenoxy) is 2. The van der Waals surface area contributed by atoms with Gasteiger partial charge in [-0.2, -0.15) is 0 Å². The number of nitrogens with two attached hydrogens (primary N) is 1. The molecule has 0 saturated heterocycles. The van der Waals surface area contributed by atoms with Crippen LogP contribution in [0.4, 0.5) is 0 Å². The van der Waals surface area contributed by atoms with Crippen molar-refractivity contribution in [3.63, 3.8) is 0 Å². The van der Waals surface area contributed by atoms with Crippen LogP contribution in [0.1, 0.15) is 18.4 Å². The minimum absolute atomic E-state index is 0.0430. The molecule has 1 atom stereocenters. The Hall–Kier alpha value is -2.96. The number of benzene rings is 3. The zero-order chi connectivity index (χ0) is 21.3. The Morgan fingerprint density at radius 3 is 2.47 bits per heavy atom. The van der Waals surface area contributed by atoms with Crippen molar-refractivity contribution in [1.29, 1.82) is 0 Å². The fraction of sp³-hybridized carbons (Fsp3) is 0.167. The molecule has 0 aliphatic carbocycles. The molecule has 0 fully saturated rings. The summed E-state index contributed by atoms with van der Waals surface area (Å²) in [5, 5.41) is 0. The predicted octanol–water partition coefficient (Wildman–Crippen LogP) is 5.02. The molecular weight excluding hydrogens is 446 g/mol. The average Bonchev–Trinajstić information content (AvgIpc) is 2.80. The van der Waals surface area contributed by atoms with E-state index in [9.17, 15) is 9.59 Å². The van der Waals surface area contributed by atoms with Gasteiger partial charge in [-0.3, -0.25) is 4.79 Å². The van der Waals surface area contributed by atoms with Crippen LogP contribution >= 0.6 is 15.9 Å². The van der Waals surface area contributed by atoms with Gasteiger partial charge in [-0.1, -0.05) is 58.4 Å². The maximum atomic E-state index is 12.6. The molecule has 0 amide bonds. The highest BCUT2D eigenvalue weighted by molar-refractivity contribution is 9.10. The Morgan fingerprint density at radius 2 is 1.70 bits per heavy atom. The van der Waals surface area contributed by atoms with Gasteiger partial charge in [0.1, 0.15) is 6.04 Å². The maximum Gasteiger partial charge on any atom is 0.328 e. The van der Waals surface area contributed by atoms with Crippen LogP contribution in [0.25, 0.3) is 22.3 Å². The molecule has 0 saturated carbocycles. The minimum atomic E-state index is -0.902. The molecule has 0 radical (unpaired) electrons. The van der Waals surface area contributed by atoms with Crippen molar-refractivity contribution < 1.29 is 19.1 Å². The second-order valence-corrected chi connectivity index (χ2v) is 7.99. The number of hydrogen-bond donors (Lipinski definition) is 1. The third-order valence-electron chi connectivity index (χ3n) is 5.13. The summed E-state index contributed by atoms with van der Waals surface area (Å²) < 4.78 is 12.2. The van der Waals surface area contributed by atoms with E-state index in [1.165, 1.54) is 0 Å². The van der Waals surface area contributed by atoms with Crippen LogP contribution in [-0.4, -0.2) is 18.0 Å². The molecule has 1 aliphatic rings. The zero-order valence-corrected chi connectivity index (χ0v) is 17.9. The van der Waals surface area contributed by atoms with Gasteiger partial charge in [0.15, 0.2) is 11.5 Å². The van der Waals surface area contributed by atoms with Gasteiger partial charge in [-0.25, -0.2) is 4.79 Å². The molecule has 152 valence electrons. The van der Waals surface area contributed by atoms with E-state index in [1.807, 2.05) is 61.5 Å². The number of fused-ring (bicyclic) bond motifs is 1. The first-order valence-corrected chi connectivity index (χ1v) is 10.4. The summed E-state index contributed by atoms with van der Waals surface area (Å²) in [4.78, 5) is 24.9. The van der Waals surface area contributed by atoms with Crippen molar-refractivity contribution in [2.24, 2.45) is 5.73 Å². The lowest BCUT2D eigenvalue weighted by Crippen LogP contribution is -2.34. The standard InChI is InChI=1S/C24H20BrNO4/c1-14-16(8-5-9-18(14)25)22-17(15-6-3-2-4-7-15)10-12-20-23(22)30-24(28)19(26)11-13-21(27)29-20/h2-10,12,19H,11,13,26H2,1H3/t19-/m1/s1.